The van der Waals surface area contributed by atoms with Crippen LogP contribution in [-0.4, -0.2) is 25.5 Å². The Morgan fingerprint density at radius 2 is 1.62 bits per heavy atom. The quantitative estimate of drug-likeness (QED) is 0.198. The van der Waals surface area contributed by atoms with Crippen molar-refractivity contribution in [2.75, 3.05) is 13.7 Å². The van der Waals surface area contributed by atoms with E-state index in [4.69, 9.17) is 9.47 Å². The molecule has 0 aliphatic carbocycles. The highest BCUT2D eigenvalue weighted by atomic mass is 16.5. The van der Waals surface area contributed by atoms with Gasteiger partial charge in [-0.2, -0.15) is 0 Å². The minimum absolute atomic E-state index is 0.00204. The molecule has 0 aliphatic rings. The molecule has 2 unspecified atom stereocenters. The van der Waals surface area contributed by atoms with Crippen molar-refractivity contribution in [3.8, 4) is 5.75 Å². The predicted octanol–water partition coefficient (Wildman–Crippen LogP) is 6.76. The Morgan fingerprint density at radius 1 is 0.938 bits per heavy atom. The first-order valence-electron chi connectivity index (χ1n) is 11.4. The summed E-state index contributed by atoms with van der Waals surface area (Å²) in [4.78, 5) is 25.4. The number of benzene rings is 2. The van der Waals surface area contributed by atoms with Crippen molar-refractivity contribution in [3.63, 3.8) is 0 Å². The van der Waals surface area contributed by atoms with Gasteiger partial charge in [0.15, 0.2) is 5.78 Å². The summed E-state index contributed by atoms with van der Waals surface area (Å²) in [5, 5.41) is 0. The van der Waals surface area contributed by atoms with E-state index < -0.39 is 0 Å². The summed E-state index contributed by atoms with van der Waals surface area (Å²) in [6.07, 6.45) is 5.69. The molecule has 2 rings (SSSR count). The number of Topliss-reactive ketones (excluding diaryl/α,β-unsaturated/α-hetero) is 1. The maximum Gasteiger partial charge on any atom is 0.306 e. The average Bonchev–Trinajstić information content (AvgIpc) is 2.79. The third-order valence-electron chi connectivity index (χ3n) is 5.61. The average molecular weight is 437 g/mol. The summed E-state index contributed by atoms with van der Waals surface area (Å²) in [6, 6.07) is 16.8. The molecule has 2 aromatic carbocycles. The Bertz CT molecular complexity index is 864. The summed E-state index contributed by atoms with van der Waals surface area (Å²) in [7, 11) is 1.60. The number of ether oxygens (including phenoxy) is 2. The standard InChI is InChI=1S/C28H36O4/c1-21(2)9-8-10-22(3)17-18-32-28(30)20-25(23-11-6-5-7-12-23)19-27(29)24-13-15-26(31-4)16-14-24/h5-7,9,11-16,22,25H,8,10,17-20H2,1-4H3. The number of hydrogen-bond acceptors (Lipinski definition) is 4. The fourth-order valence-electron chi connectivity index (χ4n) is 3.59. The number of hydrogen-bond donors (Lipinski definition) is 0. The number of rotatable bonds is 13. The van der Waals surface area contributed by atoms with Gasteiger partial charge in [0.2, 0.25) is 0 Å². The molecule has 0 radical (unpaired) electrons. The van der Waals surface area contributed by atoms with Gasteiger partial charge in [0, 0.05) is 17.9 Å². The molecule has 4 nitrogen and oxygen atoms in total. The van der Waals surface area contributed by atoms with Gasteiger partial charge in [-0.05, 0) is 68.9 Å². The van der Waals surface area contributed by atoms with E-state index in [-0.39, 0.29) is 30.5 Å². The normalized spacial score (nSPS) is 12.5. The largest absolute Gasteiger partial charge is 0.497 e. The summed E-state index contributed by atoms with van der Waals surface area (Å²) in [5.74, 6) is 0.744. The Kier molecular flexibility index (Phi) is 10.7. The van der Waals surface area contributed by atoms with Gasteiger partial charge in [-0.3, -0.25) is 9.59 Å². The van der Waals surface area contributed by atoms with Crippen LogP contribution in [0.4, 0.5) is 0 Å². The zero-order valence-electron chi connectivity index (χ0n) is 19.8. The molecule has 2 atom stereocenters. The maximum absolute atomic E-state index is 12.9. The zero-order valence-corrected chi connectivity index (χ0v) is 19.8. The fourth-order valence-corrected chi connectivity index (χ4v) is 3.59. The first kappa shape index (κ1) is 25.4. The van der Waals surface area contributed by atoms with E-state index in [2.05, 4.69) is 26.8 Å². The molecule has 0 aromatic heterocycles. The molecule has 0 spiro atoms. The van der Waals surface area contributed by atoms with Crippen LogP contribution in [0, 0.1) is 5.92 Å². The molecular weight excluding hydrogens is 400 g/mol. The van der Waals surface area contributed by atoms with E-state index in [9.17, 15) is 9.59 Å². The van der Waals surface area contributed by atoms with Crippen LogP contribution in [0.25, 0.3) is 0 Å². The topological polar surface area (TPSA) is 52.6 Å². The summed E-state index contributed by atoms with van der Waals surface area (Å²) >= 11 is 0. The van der Waals surface area contributed by atoms with Crippen LogP contribution in [0.3, 0.4) is 0 Å². The molecule has 0 aliphatic heterocycles. The van der Waals surface area contributed by atoms with Gasteiger partial charge in [0.1, 0.15) is 5.75 Å². The van der Waals surface area contributed by atoms with Crippen molar-refractivity contribution >= 4 is 11.8 Å². The smallest absolute Gasteiger partial charge is 0.306 e. The fraction of sp³-hybridized carbons (Fsp3) is 0.429. The van der Waals surface area contributed by atoms with Crippen molar-refractivity contribution in [3.05, 3.63) is 77.4 Å². The summed E-state index contributed by atoms with van der Waals surface area (Å²) in [6.45, 7) is 6.82. The first-order valence-corrected chi connectivity index (χ1v) is 11.4. The lowest BCUT2D eigenvalue weighted by atomic mass is 9.89. The van der Waals surface area contributed by atoms with Gasteiger partial charge in [0.05, 0.1) is 20.1 Å². The summed E-state index contributed by atoms with van der Waals surface area (Å²) < 4.78 is 10.7. The van der Waals surface area contributed by atoms with E-state index in [1.807, 2.05) is 30.3 Å². The minimum atomic E-state index is -0.252. The molecule has 32 heavy (non-hydrogen) atoms. The highest BCUT2D eigenvalue weighted by molar-refractivity contribution is 5.97. The molecule has 2 aromatic rings. The Morgan fingerprint density at radius 3 is 2.25 bits per heavy atom. The van der Waals surface area contributed by atoms with Crippen LogP contribution in [0.1, 0.15) is 74.7 Å². The predicted molar refractivity (Wildman–Crippen MR) is 129 cm³/mol. The number of allylic oxidation sites excluding steroid dienone is 2. The third kappa shape index (κ3) is 9.09. The van der Waals surface area contributed by atoms with Gasteiger partial charge >= 0.3 is 5.97 Å². The maximum atomic E-state index is 12.9. The molecule has 0 saturated carbocycles. The highest BCUT2D eigenvalue weighted by Crippen LogP contribution is 2.26. The number of ketones is 1. The molecule has 0 fully saturated rings. The molecule has 4 heteroatoms. The van der Waals surface area contributed by atoms with Gasteiger partial charge < -0.3 is 9.47 Å². The second kappa shape index (κ2) is 13.5. The third-order valence-corrected chi connectivity index (χ3v) is 5.61. The van der Waals surface area contributed by atoms with Gasteiger partial charge in [-0.25, -0.2) is 0 Å². The monoisotopic (exact) mass is 436 g/mol. The number of carbonyl (C=O) groups excluding carboxylic acids is 2. The van der Waals surface area contributed by atoms with E-state index >= 15 is 0 Å². The zero-order chi connectivity index (χ0) is 23.3. The van der Waals surface area contributed by atoms with Gasteiger partial charge in [0.25, 0.3) is 0 Å². The van der Waals surface area contributed by atoms with Crippen molar-refractivity contribution < 1.29 is 19.1 Å². The van der Waals surface area contributed by atoms with Crippen LogP contribution in [0.15, 0.2) is 66.2 Å². The van der Waals surface area contributed by atoms with Crippen molar-refractivity contribution in [2.24, 2.45) is 5.92 Å². The number of carbonyl (C=O) groups is 2. The second-order valence-corrected chi connectivity index (χ2v) is 8.64. The molecule has 0 amide bonds. The highest BCUT2D eigenvalue weighted by Gasteiger charge is 2.21. The van der Waals surface area contributed by atoms with Crippen molar-refractivity contribution in [1.29, 1.82) is 0 Å². The van der Waals surface area contributed by atoms with Crippen LogP contribution in [0.2, 0.25) is 0 Å². The summed E-state index contributed by atoms with van der Waals surface area (Å²) in [5.41, 5.74) is 2.92. The van der Waals surface area contributed by atoms with Crippen molar-refractivity contribution in [1.82, 2.24) is 0 Å². The van der Waals surface area contributed by atoms with Crippen LogP contribution in [-0.2, 0) is 9.53 Å². The Labute approximate surface area is 192 Å². The molecule has 0 heterocycles. The van der Waals surface area contributed by atoms with Crippen molar-refractivity contribution in [2.45, 2.75) is 58.8 Å². The number of methoxy groups -OCH3 is 1. The Balaban J connectivity index is 1.92. The lowest BCUT2D eigenvalue weighted by Crippen LogP contribution is -2.15. The molecule has 0 N–H and O–H groups in total. The first-order chi connectivity index (χ1) is 15.4. The molecule has 172 valence electrons. The van der Waals surface area contributed by atoms with Gasteiger partial charge in [-0.1, -0.05) is 48.9 Å². The van der Waals surface area contributed by atoms with Crippen LogP contribution < -0.4 is 4.74 Å². The van der Waals surface area contributed by atoms with E-state index in [0.717, 1.165) is 24.8 Å². The van der Waals surface area contributed by atoms with E-state index in [0.29, 0.717) is 23.8 Å². The molecular formula is C28H36O4. The van der Waals surface area contributed by atoms with E-state index in [1.165, 1.54) is 5.57 Å². The van der Waals surface area contributed by atoms with Crippen LogP contribution in [0.5, 0.6) is 5.75 Å². The molecule has 0 saturated heterocycles. The number of esters is 1. The van der Waals surface area contributed by atoms with Crippen LogP contribution >= 0.6 is 0 Å². The van der Waals surface area contributed by atoms with Gasteiger partial charge in [-0.15, -0.1) is 0 Å². The lowest BCUT2D eigenvalue weighted by Gasteiger charge is -2.17. The second-order valence-electron chi connectivity index (χ2n) is 8.64. The lowest BCUT2D eigenvalue weighted by molar-refractivity contribution is -0.144. The van der Waals surface area contributed by atoms with E-state index in [1.54, 1.807) is 31.4 Å². The Hall–Kier alpha value is -2.88. The molecule has 0 bridgehead atoms. The minimum Gasteiger partial charge on any atom is -0.497 e. The SMILES string of the molecule is COc1ccc(C(=O)CC(CC(=O)OCCC(C)CCC=C(C)C)c2ccccc2)cc1.